The maximum Gasteiger partial charge on any atom is 0.416 e. The van der Waals surface area contributed by atoms with E-state index in [0.29, 0.717) is 0 Å². The minimum Gasteiger partial charge on any atom is -0.166 e. The Balaban J connectivity index is 2.02. The van der Waals surface area contributed by atoms with Crippen LogP contribution in [-0.4, -0.2) is 0 Å². The Bertz CT molecular complexity index is 827. The summed E-state index contributed by atoms with van der Waals surface area (Å²) in [6.07, 6.45) is -4.31. The van der Waals surface area contributed by atoms with Crippen molar-refractivity contribution < 1.29 is 17.7 Å². The van der Waals surface area contributed by atoms with Crippen molar-refractivity contribution in [2.75, 3.05) is 0 Å². The van der Waals surface area contributed by atoms with Gasteiger partial charge in [0, 0.05) is 38.1 Å². The van der Waals surface area contributed by atoms with E-state index in [1.807, 2.05) is 56.3 Å². The van der Waals surface area contributed by atoms with Gasteiger partial charge < -0.3 is 0 Å². The monoisotopic (exact) mass is 328 g/mol. The van der Waals surface area contributed by atoms with Gasteiger partial charge in [-0.2, -0.15) is 17.7 Å². The molecule has 3 rings (SSSR count). The van der Waals surface area contributed by atoms with Gasteiger partial charge in [-0.15, -0.1) is 0 Å². The van der Waals surface area contributed by atoms with Gasteiger partial charge in [0.05, 0.1) is 5.56 Å². The Morgan fingerprint density at radius 3 is 1.75 bits per heavy atom. The van der Waals surface area contributed by atoms with E-state index in [1.165, 1.54) is 12.1 Å². The summed E-state index contributed by atoms with van der Waals surface area (Å²) < 4.78 is 40.2. The highest BCUT2D eigenvalue weighted by molar-refractivity contribution is 5.64. The molecule has 0 fully saturated rings. The average Bonchev–Trinajstić information content (AvgIpc) is 2.54. The van der Waals surface area contributed by atoms with E-state index >= 15 is 0 Å². The van der Waals surface area contributed by atoms with Crippen molar-refractivity contribution in [2.24, 2.45) is 0 Å². The van der Waals surface area contributed by atoms with Crippen LogP contribution in [0, 0.1) is 13.8 Å². The Hall–Kier alpha value is -2.62. The molecule has 0 bridgehead atoms. The van der Waals surface area contributed by atoms with Crippen molar-refractivity contribution in [3.63, 3.8) is 0 Å². The standard InChI is InChI=1S/C20H17F3N/c1-14-12-17(16-8-10-18(11-9-16)20(21,22)23)13-15(2)24(14)19-6-4-3-5-7-19/h3-13H,1-2H3/q+1. The van der Waals surface area contributed by atoms with Crippen LogP contribution in [0.2, 0.25) is 0 Å². The van der Waals surface area contributed by atoms with E-state index in [4.69, 9.17) is 0 Å². The molecule has 2 aromatic carbocycles. The molecule has 4 heteroatoms. The van der Waals surface area contributed by atoms with Crippen molar-refractivity contribution in [1.29, 1.82) is 0 Å². The lowest BCUT2D eigenvalue weighted by molar-refractivity contribution is -0.609. The summed E-state index contributed by atoms with van der Waals surface area (Å²) in [6.45, 7) is 3.99. The number of alkyl halides is 3. The minimum atomic E-state index is -4.31. The first-order valence-electron chi connectivity index (χ1n) is 7.62. The molecule has 0 radical (unpaired) electrons. The number of aryl methyl sites for hydroxylation is 2. The molecular formula is C20H17F3N+. The molecule has 0 unspecified atom stereocenters. The van der Waals surface area contributed by atoms with Gasteiger partial charge in [-0.25, -0.2) is 0 Å². The molecule has 3 aromatic rings. The summed E-state index contributed by atoms with van der Waals surface area (Å²) in [5.41, 5.74) is 4.16. The molecule has 0 saturated heterocycles. The Kier molecular flexibility index (Phi) is 4.14. The minimum absolute atomic E-state index is 0.630. The van der Waals surface area contributed by atoms with E-state index < -0.39 is 11.7 Å². The van der Waals surface area contributed by atoms with Gasteiger partial charge in [-0.05, 0) is 23.3 Å². The van der Waals surface area contributed by atoms with Gasteiger partial charge in [0.2, 0.25) is 5.69 Å². The van der Waals surface area contributed by atoms with Crippen LogP contribution in [0.25, 0.3) is 16.8 Å². The molecule has 1 aromatic heterocycles. The molecule has 24 heavy (non-hydrogen) atoms. The first kappa shape index (κ1) is 16.2. The lowest BCUT2D eigenvalue weighted by atomic mass is 10.0. The van der Waals surface area contributed by atoms with Crippen molar-refractivity contribution in [2.45, 2.75) is 20.0 Å². The second kappa shape index (κ2) is 6.11. The van der Waals surface area contributed by atoms with Crippen LogP contribution in [0.3, 0.4) is 0 Å². The SMILES string of the molecule is Cc1cc(-c2ccc(C(F)(F)F)cc2)cc(C)[n+]1-c1ccccc1. The van der Waals surface area contributed by atoms with Crippen molar-refractivity contribution in [3.8, 4) is 16.8 Å². The summed E-state index contributed by atoms with van der Waals surface area (Å²) in [4.78, 5) is 0. The van der Waals surface area contributed by atoms with E-state index in [9.17, 15) is 13.2 Å². The predicted molar refractivity (Wildman–Crippen MR) is 87.9 cm³/mol. The van der Waals surface area contributed by atoms with Gasteiger partial charge in [0.25, 0.3) is 0 Å². The third-order valence-corrected chi connectivity index (χ3v) is 3.99. The summed E-state index contributed by atoms with van der Waals surface area (Å²) >= 11 is 0. The molecule has 1 heterocycles. The third kappa shape index (κ3) is 3.18. The fraction of sp³-hybridized carbons (Fsp3) is 0.150. The zero-order valence-corrected chi connectivity index (χ0v) is 13.4. The molecule has 0 amide bonds. The van der Waals surface area contributed by atoms with Crippen LogP contribution in [0.4, 0.5) is 13.2 Å². The summed E-state index contributed by atoms with van der Waals surface area (Å²) in [5, 5.41) is 0. The first-order chi connectivity index (χ1) is 11.4. The molecule has 0 aliphatic rings. The number of aromatic nitrogens is 1. The van der Waals surface area contributed by atoms with Crippen LogP contribution in [-0.2, 0) is 6.18 Å². The van der Waals surface area contributed by atoms with Crippen LogP contribution in [0.5, 0.6) is 0 Å². The molecule has 0 N–H and O–H groups in total. The number of hydrogen-bond donors (Lipinski definition) is 0. The molecule has 0 spiro atoms. The van der Waals surface area contributed by atoms with Crippen molar-refractivity contribution >= 4 is 0 Å². The third-order valence-electron chi connectivity index (χ3n) is 3.99. The van der Waals surface area contributed by atoms with Crippen molar-refractivity contribution in [3.05, 3.63) is 83.7 Å². The molecule has 0 atom stereocenters. The maximum atomic E-state index is 12.7. The topological polar surface area (TPSA) is 3.88 Å². The van der Waals surface area contributed by atoms with E-state index in [-0.39, 0.29) is 0 Å². The Morgan fingerprint density at radius 2 is 1.25 bits per heavy atom. The van der Waals surface area contributed by atoms with Crippen LogP contribution in [0.1, 0.15) is 17.0 Å². The molecule has 122 valence electrons. The van der Waals surface area contributed by atoms with Gasteiger partial charge in [-0.1, -0.05) is 30.3 Å². The van der Waals surface area contributed by atoms with Crippen LogP contribution in [0.15, 0.2) is 66.7 Å². The number of hydrogen-bond acceptors (Lipinski definition) is 0. The van der Waals surface area contributed by atoms with Crippen LogP contribution < -0.4 is 4.57 Å². The molecular weight excluding hydrogens is 311 g/mol. The zero-order valence-electron chi connectivity index (χ0n) is 13.4. The van der Waals surface area contributed by atoms with E-state index in [2.05, 4.69) is 4.57 Å². The second-order valence-electron chi connectivity index (χ2n) is 5.77. The van der Waals surface area contributed by atoms with Crippen molar-refractivity contribution in [1.82, 2.24) is 0 Å². The Labute approximate surface area is 139 Å². The Morgan fingerprint density at radius 1 is 0.708 bits per heavy atom. The second-order valence-corrected chi connectivity index (χ2v) is 5.77. The molecule has 0 aliphatic carbocycles. The first-order valence-corrected chi connectivity index (χ1v) is 7.62. The number of halogens is 3. The van der Waals surface area contributed by atoms with Gasteiger partial charge >= 0.3 is 6.18 Å². The number of rotatable bonds is 2. The van der Waals surface area contributed by atoms with Gasteiger partial charge in [0.15, 0.2) is 11.4 Å². The highest BCUT2D eigenvalue weighted by atomic mass is 19.4. The quantitative estimate of drug-likeness (QED) is 0.565. The number of para-hydroxylation sites is 1. The fourth-order valence-electron chi connectivity index (χ4n) is 2.90. The van der Waals surface area contributed by atoms with Gasteiger partial charge in [-0.3, -0.25) is 0 Å². The smallest absolute Gasteiger partial charge is 0.166 e. The molecule has 1 nitrogen and oxygen atoms in total. The highest BCUT2D eigenvalue weighted by Gasteiger charge is 2.30. The highest BCUT2D eigenvalue weighted by Crippen LogP contribution is 2.31. The van der Waals surface area contributed by atoms with Crippen LogP contribution >= 0.6 is 0 Å². The van der Waals surface area contributed by atoms with E-state index in [0.717, 1.165) is 40.3 Å². The molecule has 0 aliphatic heterocycles. The van der Waals surface area contributed by atoms with E-state index in [1.54, 1.807) is 0 Å². The molecule has 0 saturated carbocycles. The largest absolute Gasteiger partial charge is 0.416 e. The fourth-order valence-corrected chi connectivity index (χ4v) is 2.90. The van der Waals surface area contributed by atoms with Gasteiger partial charge in [0.1, 0.15) is 0 Å². The number of pyridine rings is 1. The average molecular weight is 328 g/mol. The number of nitrogens with zero attached hydrogens (tertiary/aromatic N) is 1. The predicted octanol–water partition coefficient (Wildman–Crippen LogP) is 5.27. The summed E-state index contributed by atoms with van der Waals surface area (Å²) in [6, 6.07) is 19.2. The number of benzene rings is 2. The normalized spacial score (nSPS) is 11.5. The lowest BCUT2D eigenvalue weighted by Gasteiger charge is -2.09. The maximum absolute atomic E-state index is 12.7. The summed E-state index contributed by atoms with van der Waals surface area (Å²) in [7, 11) is 0. The summed E-state index contributed by atoms with van der Waals surface area (Å²) in [5.74, 6) is 0. The lowest BCUT2D eigenvalue weighted by Crippen LogP contribution is -2.37. The zero-order chi connectivity index (χ0) is 17.3.